The molecule has 1 aromatic carbocycles. The van der Waals surface area contributed by atoms with Crippen LogP contribution in [0.1, 0.15) is 18.1 Å². The van der Waals surface area contributed by atoms with E-state index in [0.29, 0.717) is 0 Å². The number of hydrogen-bond donors (Lipinski definition) is 1. The van der Waals surface area contributed by atoms with Crippen molar-refractivity contribution in [3.05, 3.63) is 34.9 Å². The maximum absolute atomic E-state index is 13.5. The Hall–Kier alpha value is -1.10. The first kappa shape index (κ1) is 13.0. The van der Waals surface area contributed by atoms with Crippen molar-refractivity contribution in [1.82, 2.24) is 5.32 Å². The fourth-order valence-corrected chi connectivity index (χ4v) is 1.41. The Morgan fingerprint density at radius 2 is 1.75 bits per heavy atom. The Labute approximate surface area is 91.5 Å². The molecule has 1 N–H and O–H groups in total. The Morgan fingerprint density at radius 3 is 2.19 bits per heavy atom. The molecule has 0 aliphatic heterocycles. The molecule has 0 radical (unpaired) electrons. The van der Waals surface area contributed by atoms with Crippen molar-refractivity contribution in [1.29, 1.82) is 0 Å². The number of aryl methyl sites for hydroxylation is 1. The first-order valence-corrected chi connectivity index (χ1v) is 4.76. The fraction of sp³-hybridized carbons (Fsp3) is 0.455. The molecule has 16 heavy (non-hydrogen) atoms. The highest BCUT2D eigenvalue weighted by atomic mass is 19.3. The van der Waals surface area contributed by atoms with E-state index in [-0.39, 0.29) is 11.1 Å². The summed E-state index contributed by atoms with van der Waals surface area (Å²) < 4.78 is 52.4. The molecule has 0 heterocycles. The number of benzene rings is 1. The molecule has 0 bridgehead atoms. The molecule has 0 spiro atoms. The van der Waals surface area contributed by atoms with Crippen molar-refractivity contribution in [2.24, 2.45) is 0 Å². The lowest BCUT2D eigenvalue weighted by Gasteiger charge is -2.29. The molecule has 1 atom stereocenters. The van der Waals surface area contributed by atoms with Crippen molar-refractivity contribution in [2.45, 2.75) is 25.8 Å². The van der Waals surface area contributed by atoms with Crippen LogP contribution in [0.25, 0.3) is 0 Å². The lowest BCUT2D eigenvalue weighted by Crippen LogP contribution is -2.44. The second-order valence-corrected chi connectivity index (χ2v) is 3.83. The largest absolute Gasteiger partial charge is 0.306 e. The highest BCUT2D eigenvalue weighted by Crippen LogP contribution is 2.31. The number of rotatable bonds is 3. The van der Waals surface area contributed by atoms with Gasteiger partial charge in [-0.2, -0.15) is 0 Å². The number of halogens is 4. The molecule has 5 heteroatoms. The fourth-order valence-electron chi connectivity index (χ4n) is 1.41. The maximum atomic E-state index is 13.5. The van der Waals surface area contributed by atoms with Crippen LogP contribution in [0, 0.1) is 18.6 Å². The maximum Gasteiger partial charge on any atom is 0.260 e. The Morgan fingerprint density at radius 1 is 1.19 bits per heavy atom. The summed E-state index contributed by atoms with van der Waals surface area (Å²) in [5.41, 5.74) is -2.17. The van der Waals surface area contributed by atoms with Crippen LogP contribution in [0.15, 0.2) is 12.1 Å². The van der Waals surface area contributed by atoms with Gasteiger partial charge in [-0.1, -0.05) is 0 Å². The van der Waals surface area contributed by atoms with Gasteiger partial charge in [0.1, 0.15) is 17.2 Å². The summed E-state index contributed by atoms with van der Waals surface area (Å²) in [4.78, 5) is 0. The van der Waals surface area contributed by atoms with Crippen LogP contribution in [0.5, 0.6) is 0 Å². The molecule has 1 unspecified atom stereocenters. The summed E-state index contributed by atoms with van der Waals surface area (Å²) in [5.74, 6) is -1.53. The minimum atomic E-state index is -2.84. The molecule has 0 aliphatic carbocycles. The van der Waals surface area contributed by atoms with E-state index in [1.165, 1.54) is 14.0 Å². The molecule has 1 nitrogen and oxygen atoms in total. The minimum Gasteiger partial charge on any atom is -0.306 e. The summed E-state index contributed by atoms with van der Waals surface area (Å²) in [6.07, 6.45) is -2.84. The van der Waals surface area contributed by atoms with Gasteiger partial charge in [-0.25, -0.2) is 17.6 Å². The van der Waals surface area contributed by atoms with E-state index >= 15 is 0 Å². The standard InChI is InChI=1S/C11H13F4N/c1-6-4-9(13)7(5-8(6)12)11(2,16-3)10(14)15/h4-5,10,16H,1-3H3. The van der Waals surface area contributed by atoms with Crippen molar-refractivity contribution in [3.63, 3.8) is 0 Å². The summed E-state index contributed by atoms with van der Waals surface area (Å²) in [7, 11) is 1.28. The molecule has 1 aromatic rings. The van der Waals surface area contributed by atoms with Gasteiger partial charge in [0.2, 0.25) is 0 Å². The molecule has 1 rings (SSSR count). The Kier molecular flexibility index (Phi) is 3.57. The van der Waals surface area contributed by atoms with Gasteiger partial charge in [0.25, 0.3) is 6.43 Å². The molecular formula is C11H13F4N. The number of hydrogen-bond acceptors (Lipinski definition) is 1. The molecule has 90 valence electrons. The minimum absolute atomic E-state index is 0.0916. The van der Waals surface area contributed by atoms with Crippen LogP contribution in [0.3, 0.4) is 0 Å². The number of nitrogens with one attached hydrogen (secondary N) is 1. The SMILES string of the molecule is CNC(C)(c1cc(F)c(C)cc1F)C(F)F. The van der Waals surface area contributed by atoms with Crippen LogP contribution < -0.4 is 5.32 Å². The van der Waals surface area contributed by atoms with E-state index in [1.54, 1.807) is 0 Å². The van der Waals surface area contributed by atoms with Crippen molar-refractivity contribution >= 4 is 0 Å². The van der Waals surface area contributed by atoms with Gasteiger partial charge in [-0.15, -0.1) is 0 Å². The second kappa shape index (κ2) is 4.41. The summed E-state index contributed by atoms with van der Waals surface area (Å²) in [6, 6.07) is 1.73. The van der Waals surface area contributed by atoms with Gasteiger partial charge >= 0.3 is 0 Å². The number of alkyl halides is 2. The zero-order valence-electron chi connectivity index (χ0n) is 9.24. The Bertz CT molecular complexity index is 392. The van der Waals surface area contributed by atoms with Gasteiger partial charge in [-0.3, -0.25) is 0 Å². The topological polar surface area (TPSA) is 12.0 Å². The summed E-state index contributed by atoms with van der Waals surface area (Å²) >= 11 is 0. The molecule has 0 saturated heterocycles. The molecular weight excluding hydrogens is 222 g/mol. The normalized spacial score (nSPS) is 15.2. The third-order valence-corrected chi connectivity index (χ3v) is 2.76. The average Bonchev–Trinajstić information content (AvgIpc) is 2.22. The molecule has 0 saturated carbocycles. The first-order valence-electron chi connectivity index (χ1n) is 4.76. The van der Waals surface area contributed by atoms with Gasteiger partial charge in [0, 0.05) is 5.56 Å². The predicted octanol–water partition coefficient (Wildman–Crippen LogP) is 2.97. The van der Waals surface area contributed by atoms with Crippen LogP contribution in [0.4, 0.5) is 17.6 Å². The van der Waals surface area contributed by atoms with Crippen LogP contribution >= 0.6 is 0 Å². The monoisotopic (exact) mass is 235 g/mol. The summed E-state index contributed by atoms with van der Waals surface area (Å²) in [6.45, 7) is 2.51. The predicted molar refractivity (Wildman–Crippen MR) is 53.5 cm³/mol. The summed E-state index contributed by atoms with van der Waals surface area (Å²) in [5, 5.41) is 2.33. The van der Waals surface area contributed by atoms with E-state index in [1.807, 2.05) is 0 Å². The van der Waals surface area contributed by atoms with Gasteiger partial charge in [-0.05, 0) is 38.6 Å². The zero-order chi connectivity index (χ0) is 12.5. The molecule has 0 aromatic heterocycles. The van der Waals surface area contributed by atoms with Crippen molar-refractivity contribution < 1.29 is 17.6 Å². The van der Waals surface area contributed by atoms with E-state index in [4.69, 9.17) is 0 Å². The van der Waals surface area contributed by atoms with Gasteiger partial charge in [0.05, 0.1) is 0 Å². The second-order valence-electron chi connectivity index (χ2n) is 3.83. The highest BCUT2D eigenvalue weighted by molar-refractivity contribution is 5.31. The van der Waals surface area contributed by atoms with Crippen molar-refractivity contribution in [2.75, 3.05) is 7.05 Å². The lowest BCUT2D eigenvalue weighted by atomic mass is 9.91. The molecule has 0 amide bonds. The molecule has 0 aliphatic rings. The van der Waals surface area contributed by atoms with Gasteiger partial charge in [0.15, 0.2) is 0 Å². The zero-order valence-corrected chi connectivity index (χ0v) is 9.24. The average molecular weight is 235 g/mol. The van der Waals surface area contributed by atoms with Gasteiger partial charge < -0.3 is 5.32 Å². The third kappa shape index (κ3) is 2.04. The third-order valence-electron chi connectivity index (χ3n) is 2.76. The first-order chi connectivity index (χ1) is 7.32. The van der Waals surface area contributed by atoms with E-state index in [2.05, 4.69) is 5.32 Å². The molecule has 0 fully saturated rings. The highest BCUT2D eigenvalue weighted by Gasteiger charge is 2.38. The van der Waals surface area contributed by atoms with Crippen LogP contribution in [0.2, 0.25) is 0 Å². The van der Waals surface area contributed by atoms with E-state index in [9.17, 15) is 17.6 Å². The van der Waals surface area contributed by atoms with Crippen molar-refractivity contribution in [3.8, 4) is 0 Å². The van der Waals surface area contributed by atoms with E-state index < -0.39 is 23.6 Å². The smallest absolute Gasteiger partial charge is 0.260 e. The lowest BCUT2D eigenvalue weighted by molar-refractivity contribution is 0.0408. The van der Waals surface area contributed by atoms with E-state index in [0.717, 1.165) is 19.1 Å². The van der Waals surface area contributed by atoms with Crippen LogP contribution in [-0.4, -0.2) is 13.5 Å². The Balaban J connectivity index is 3.36. The van der Waals surface area contributed by atoms with Crippen LogP contribution in [-0.2, 0) is 5.54 Å². The quantitative estimate of drug-likeness (QED) is 0.794.